The molecule has 0 bridgehead atoms. The van der Waals surface area contributed by atoms with Crippen molar-refractivity contribution in [2.24, 2.45) is 0 Å². The second kappa shape index (κ2) is 9.80. The Morgan fingerprint density at radius 2 is 2.09 bits per heavy atom. The Morgan fingerprint density at radius 1 is 1.21 bits per heavy atom. The zero-order chi connectivity index (χ0) is 23.5. The fourth-order valence-corrected chi connectivity index (χ4v) is 5.13. The van der Waals surface area contributed by atoms with Crippen molar-refractivity contribution >= 4 is 28.8 Å². The first-order valence-corrected chi connectivity index (χ1v) is 12.3. The van der Waals surface area contributed by atoms with E-state index in [1.165, 1.54) is 4.57 Å². The summed E-state index contributed by atoms with van der Waals surface area (Å²) in [5.41, 5.74) is 4.27. The average Bonchev–Trinajstić information content (AvgIpc) is 3.19. The number of carbonyl (C=O) groups is 1. The smallest absolute Gasteiger partial charge is 0.408 e. The fourth-order valence-electron chi connectivity index (χ4n) is 4.38. The molecule has 0 spiro atoms. The van der Waals surface area contributed by atoms with Crippen molar-refractivity contribution < 1.29 is 9.21 Å². The first kappa shape index (κ1) is 22.3. The third-order valence-electron chi connectivity index (χ3n) is 6.11. The molecule has 1 amide bonds. The minimum Gasteiger partial charge on any atom is -0.408 e. The Kier molecular flexibility index (Phi) is 6.44. The van der Waals surface area contributed by atoms with Crippen LogP contribution in [0.2, 0.25) is 0 Å². The largest absolute Gasteiger partial charge is 0.420 e. The Bertz CT molecular complexity index is 1370. The molecule has 34 heavy (non-hydrogen) atoms. The van der Waals surface area contributed by atoms with Gasteiger partial charge in [0.1, 0.15) is 6.54 Å². The van der Waals surface area contributed by atoms with Crippen molar-refractivity contribution in [2.75, 3.05) is 13.1 Å². The lowest BCUT2D eigenvalue weighted by atomic mass is 9.92. The monoisotopic (exact) mass is 475 g/mol. The molecule has 0 saturated carbocycles. The van der Waals surface area contributed by atoms with Crippen molar-refractivity contribution in [2.45, 2.75) is 43.1 Å². The molecule has 4 aromatic rings. The number of likely N-dealkylation sites (tertiary alicyclic amines) is 1. The van der Waals surface area contributed by atoms with Crippen LogP contribution in [-0.2, 0) is 17.1 Å². The van der Waals surface area contributed by atoms with Gasteiger partial charge in [-0.3, -0.25) is 14.3 Å². The molecule has 4 heterocycles. The minimum absolute atomic E-state index is 0.0302. The number of benzene rings is 1. The predicted molar refractivity (Wildman–Crippen MR) is 130 cm³/mol. The van der Waals surface area contributed by atoms with Crippen LogP contribution in [0.1, 0.15) is 35.6 Å². The van der Waals surface area contributed by atoms with E-state index in [-0.39, 0.29) is 18.4 Å². The molecule has 1 fully saturated rings. The topological polar surface area (TPSA) is 94.1 Å². The van der Waals surface area contributed by atoms with E-state index in [0.717, 1.165) is 40.6 Å². The number of oxazole rings is 1. The van der Waals surface area contributed by atoms with Crippen LogP contribution in [0, 0.1) is 6.92 Å². The van der Waals surface area contributed by atoms with Crippen molar-refractivity contribution in [1.29, 1.82) is 0 Å². The highest BCUT2D eigenvalue weighted by Gasteiger charge is 2.28. The number of piperidine rings is 1. The molecular formula is C25H25N5O3S. The Morgan fingerprint density at radius 3 is 2.94 bits per heavy atom. The lowest BCUT2D eigenvalue weighted by molar-refractivity contribution is -0.133. The van der Waals surface area contributed by atoms with Crippen LogP contribution >= 0.6 is 11.8 Å². The summed E-state index contributed by atoms with van der Waals surface area (Å²) in [4.78, 5) is 40.8. The molecule has 9 heteroatoms. The van der Waals surface area contributed by atoms with Gasteiger partial charge in [0.15, 0.2) is 10.7 Å². The minimum atomic E-state index is -0.509. The van der Waals surface area contributed by atoms with Crippen molar-refractivity contribution in [3.05, 3.63) is 82.4 Å². The number of carbonyl (C=O) groups excluding carboxylic acids is 1. The quantitative estimate of drug-likeness (QED) is 0.309. The van der Waals surface area contributed by atoms with Gasteiger partial charge in [-0.05, 0) is 49.1 Å². The van der Waals surface area contributed by atoms with E-state index < -0.39 is 5.76 Å². The van der Waals surface area contributed by atoms with Crippen LogP contribution in [0.4, 0.5) is 0 Å². The van der Waals surface area contributed by atoms with Crippen LogP contribution < -0.4 is 5.76 Å². The molecule has 174 valence electrons. The normalized spacial score (nSPS) is 16.1. The highest BCUT2D eigenvalue weighted by atomic mass is 32.2. The molecule has 3 aromatic heterocycles. The number of aromatic nitrogens is 4. The Labute approximate surface area is 201 Å². The molecule has 0 aliphatic carbocycles. The number of fused-ring (bicyclic) bond motifs is 1. The molecule has 5 rings (SSSR count). The third kappa shape index (κ3) is 4.75. The number of para-hydroxylation sites is 2. The van der Waals surface area contributed by atoms with Gasteiger partial charge < -0.3 is 9.32 Å². The maximum absolute atomic E-state index is 13.1. The maximum atomic E-state index is 13.1. The van der Waals surface area contributed by atoms with Gasteiger partial charge in [-0.25, -0.2) is 14.8 Å². The summed E-state index contributed by atoms with van der Waals surface area (Å²) in [6.45, 7) is 3.24. The summed E-state index contributed by atoms with van der Waals surface area (Å²) in [6, 6.07) is 11.1. The molecular weight excluding hydrogens is 450 g/mol. The summed E-state index contributed by atoms with van der Waals surface area (Å²) in [6.07, 6.45) is 7.32. The lowest BCUT2D eigenvalue weighted by Gasteiger charge is -2.33. The lowest BCUT2D eigenvalue weighted by Crippen LogP contribution is -2.42. The van der Waals surface area contributed by atoms with Crippen LogP contribution in [0.3, 0.4) is 0 Å². The van der Waals surface area contributed by atoms with Crippen LogP contribution in [0.5, 0.6) is 0 Å². The van der Waals surface area contributed by atoms with E-state index in [9.17, 15) is 9.59 Å². The number of nitrogens with zero attached hydrogens (tertiary/aromatic N) is 5. The van der Waals surface area contributed by atoms with Crippen LogP contribution in [-0.4, -0.2) is 43.4 Å². The summed E-state index contributed by atoms with van der Waals surface area (Å²) in [5.74, 6) is 0.288. The molecule has 0 N–H and O–H groups in total. The first-order valence-electron chi connectivity index (χ1n) is 11.3. The average molecular weight is 476 g/mol. The van der Waals surface area contributed by atoms with Gasteiger partial charge >= 0.3 is 5.76 Å². The zero-order valence-electron chi connectivity index (χ0n) is 18.9. The van der Waals surface area contributed by atoms with Crippen molar-refractivity contribution in [1.82, 2.24) is 24.4 Å². The molecule has 0 radical (unpaired) electrons. The number of pyridine rings is 1. The molecule has 1 aromatic carbocycles. The molecule has 1 aliphatic rings. The first-order chi connectivity index (χ1) is 16.6. The number of aryl methyl sites for hydroxylation is 1. The van der Waals surface area contributed by atoms with E-state index >= 15 is 0 Å². The molecule has 1 atom stereocenters. The van der Waals surface area contributed by atoms with Gasteiger partial charge in [0.2, 0.25) is 5.91 Å². The summed E-state index contributed by atoms with van der Waals surface area (Å²) >= 11 is 1.58. The number of amides is 1. The fraction of sp³-hybridized carbons (Fsp3) is 0.320. The second-order valence-corrected chi connectivity index (χ2v) is 9.41. The van der Waals surface area contributed by atoms with Crippen molar-refractivity contribution in [3.63, 3.8) is 0 Å². The van der Waals surface area contributed by atoms with Crippen LogP contribution in [0.25, 0.3) is 11.1 Å². The van der Waals surface area contributed by atoms with Gasteiger partial charge in [0.25, 0.3) is 0 Å². The van der Waals surface area contributed by atoms with Gasteiger partial charge in [0.05, 0.1) is 11.2 Å². The second-order valence-electron chi connectivity index (χ2n) is 8.47. The Hall–Kier alpha value is -3.46. The highest BCUT2D eigenvalue weighted by Crippen LogP contribution is 2.30. The molecule has 1 aliphatic heterocycles. The Balaban J connectivity index is 1.29. The summed E-state index contributed by atoms with van der Waals surface area (Å²) < 4.78 is 6.68. The molecule has 1 saturated heterocycles. The van der Waals surface area contributed by atoms with Gasteiger partial charge in [-0.1, -0.05) is 30.0 Å². The van der Waals surface area contributed by atoms with E-state index in [1.807, 2.05) is 42.4 Å². The van der Waals surface area contributed by atoms with Gasteiger partial charge in [0, 0.05) is 43.4 Å². The number of rotatable bonds is 6. The maximum Gasteiger partial charge on any atom is 0.420 e. The van der Waals surface area contributed by atoms with Crippen molar-refractivity contribution in [3.8, 4) is 0 Å². The van der Waals surface area contributed by atoms with E-state index in [4.69, 9.17) is 9.40 Å². The summed E-state index contributed by atoms with van der Waals surface area (Å²) in [5, 5.41) is 0.726. The van der Waals surface area contributed by atoms with Crippen LogP contribution in [0.15, 0.2) is 69.4 Å². The van der Waals surface area contributed by atoms with Gasteiger partial charge in [-0.15, -0.1) is 0 Å². The highest BCUT2D eigenvalue weighted by molar-refractivity contribution is 7.98. The van der Waals surface area contributed by atoms with E-state index in [2.05, 4.69) is 9.97 Å². The van der Waals surface area contributed by atoms with Gasteiger partial charge in [-0.2, -0.15) is 0 Å². The number of hydrogen-bond donors (Lipinski definition) is 0. The van der Waals surface area contributed by atoms with E-state index in [0.29, 0.717) is 24.2 Å². The number of thioether (sulfide) groups is 1. The third-order valence-corrected chi connectivity index (χ3v) is 7.04. The SMILES string of the molecule is Cc1cnc(SCc2cccnc2)nc1[C@@H]1CCCN(C(=O)Cn2c(=O)oc3ccccc32)C1. The molecule has 0 unspecified atom stereocenters. The molecule has 8 nitrogen and oxygen atoms in total. The standard InChI is InChI=1S/C25H25N5O3S/c1-17-12-27-24(34-16-18-6-4-10-26-13-18)28-23(17)19-7-5-11-29(14-19)22(31)15-30-20-8-2-3-9-21(20)33-25(30)32/h2-4,6,8-10,12-13,19H,5,7,11,14-16H2,1H3/t19-/m1/s1. The zero-order valence-corrected chi connectivity index (χ0v) is 19.7. The predicted octanol–water partition coefficient (Wildman–Crippen LogP) is 3.79. The van der Waals surface area contributed by atoms with E-state index in [1.54, 1.807) is 36.2 Å². The summed E-state index contributed by atoms with van der Waals surface area (Å²) in [7, 11) is 0. The number of hydrogen-bond acceptors (Lipinski definition) is 7.